The number of benzene rings is 1. The van der Waals surface area contributed by atoms with E-state index in [0.717, 1.165) is 17.6 Å². The van der Waals surface area contributed by atoms with Crippen LogP contribution >= 0.6 is 0 Å². The van der Waals surface area contributed by atoms with E-state index >= 15 is 0 Å². The number of hydrogen-bond donors (Lipinski definition) is 0. The molecule has 4 rings (SSSR count). The molecule has 1 aromatic rings. The minimum absolute atomic E-state index is 0.0401. The van der Waals surface area contributed by atoms with Gasteiger partial charge in [0, 0.05) is 45.2 Å². The zero-order valence-corrected chi connectivity index (χ0v) is 18.5. The van der Waals surface area contributed by atoms with E-state index in [4.69, 9.17) is 4.74 Å². The third-order valence-electron chi connectivity index (χ3n) is 7.04. The maximum atomic E-state index is 14.0. The highest BCUT2D eigenvalue weighted by Crippen LogP contribution is 2.55. The van der Waals surface area contributed by atoms with Gasteiger partial charge in [0.25, 0.3) is 0 Å². The summed E-state index contributed by atoms with van der Waals surface area (Å²) in [7, 11) is 3.49. The third kappa shape index (κ3) is 3.50. The number of carbonyl (C=O) groups excluding carboxylic acids is 3. The first-order chi connectivity index (χ1) is 14.9. The summed E-state index contributed by atoms with van der Waals surface area (Å²) in [6.07, 6.45) is 3.36. The molecule has 2 saturated heterocycles. The summed E-state index contributed by atoms with van der Waals surface area (Å²) < 4.78 is 5.29. The van der Waals surface area contributed by atoms with Gasteiger partial charge in [-0.3, -0.25) is 9.59 Å². The van der Waals surface area contributed by atoms with Gasteiger partial charge in [-0.25, -0.2) is 4.79 Å². The second-order valence-electron chi connectivity index (χ2n) is 8.85. The SMILES string of the molecule is CCOC(=O)N1CC[C@]23C(=O)N(Cc4ccccc4)CC[C@@H]2C(C(=O)N(C)C)=CC[C@H]13. The summed E-state index contributed by atoms with van der Waals surface area (Å²) >= 11 is 0. The zero-order valence-electron chi connectivity index (χ0n) is 18.5. The van der Waals surface area contributed by atoms with Gasteiger partial charge in [-0.1, -0.05) is 36.4 Å². The molecule has 0 saturated carbocycles. The van der Waals surface area contributed by atoms with E-state index in [2.05, 4.69) is 0 Å². The number of hydrogen-bond acceptors (Lipinski definition) is 4. The Morgan fingerprint density at radius 1 is 1.19 bits per heavy atom. The highest BCUT2D eigenvalue weighted by atomic mass is 16.6. The number of piperidine rings is 1. The molecule has 7 nitrogen and oxygen atoms in total. The third-order valence-corrected chi connectivity index (χ3v) is 7.04. The molecule has 3 amide bonds. The summed E-state index contributed by atoms with van der Waals surface area (Å²) in [6, 6.07) is 9.68. The first-order valence-corrected chi connectivity index (χ1v) is 11.1. The van der Waals surface area contributed by atoms with Crippen molar-refractivity contribution in [3.05, 3.63) is 47.5 Å². The van der Waals surface area contributed by atoms with Crippen molar-refractivity contribution >= 4 is 17.9 Å². The van der Waals surface area contributed by atoms with Crippen molar-refractivity contribution < 1.29 is 19.1 Å². The second kappa shape index (κ2) is 8.36. The molecule has 1 spiro atoms. The summed E-state index contributed by atoms with van der Waals surface area (Å²) in [5.74, 6) is -0.164. The summed E-state index contributed by atoms with van der Waals surface area (Å²) in [5.41, 5.74) is 1.04. The first kappa shape index (κ1) is 21.4. The van der Waals surface area contributed by atoms with Crippen molar-refractivity contribution in [1.29, 1.82) is 0 Å². The van der Waals surface area contributed by atoms with Crippen LogP contribution in [0.1, 0.15) is 31.7 Å². The van der Waals surface area contributed by atoms with Crippen molar-refractivity contribution in [2.24, 2.45) is 11.3 Å². The number of nitrogens with zero attached hydrogens (tertiary/aromatic N) is 3. The van der Waals surface area contributed by atoms with Crippen LogP contribution in [0.4, 0.5) is 4.79 Å². The van der Waals surface area contributed by atoms with Gasteiger partial charge in [0.1, 0.15) is 0 Å². The van der Waals surface area contributed by atoms with E-state index in [1.807, 2.05) is 41.3 Å². The molecule has 2 fully saturated rings. The molecule has 31 heavy (non-hydrogen) atoms. The molecular weight excluding hydrogens is 394 g/mol. The fraction of sp³-hybridized carbons (Fsp3) is 0.542. The van der Waals surface area contributed by atoms with E-state index in [9.17, 15) is 14.4 Å². The minimum atomic E-state index is -0.768. The molecule has 2 heterocycles. The Bertz CT molecular complexity index is 897. The lowest BCUT2D eigenvalue weighted by atomic mass is 9.59. The Hall–Kier alpha value is -2.83. The Morgan fingerprint density at radius 2 is 1.94 bits per heavy atom. The van der Waals surface area contributed by atoms with Crippen LogP contribution in [-0.4, -0.2) is 72.4 Å². The fourth-order valence-electron chi connectivity index (χ4n) is 5.67. The molecule has 3 aliphatic rings. The van der Waals surface area contributed by atoms with Gasteiger partial charge in [-0.05, 0) is 31.7 Å². The smallest absolute Gasteiger partial charge is 0.410 e. The van der Waals surface area contributed by atoms with Crippen molar-refractivity contribution in [3.63, 3.8) is 0 Å². The quantitative estimate of drug-likeness (QED) is 0.744. The topological polar surface area (TPSA) is 70.2 Å². The largest absolute Gasteiger partial charge is 0.450 e. The molecule has 0 radical (unpaired) electrons. The summed E-state index contributed by atoms with van der Waals surface area (Å²) in [4.78, 5) is 44.9. The highest BCUT2D eigenvalue weighted by molar-refractivity contribution is 5.97. The number of rotatable bonds is 4. The Balaban J connectivity index is 1.70. The van der Waals surface area contributed by atoms with Crippen molar-refractivity contribution in [2.45, 2.75) is 38.8 Å². The van der Waals surface area contributed by atoms with E-state index in [0.29, 0.717) is 39.1 Å². The molecule has 1 aliphatic carbocycles. The molecule has 0 N–H and O–H groups in total. The lowest BCUT2D eigenvalue weighted by molar-refractivity contribution is -0.154. The average molecular weight is 426 g/mol. The fourth-order valence-corrected chi connectivity index (χ4v) is 5.67. The Kier molecular flexibility index (Phi) is 5.77. The number of carbonyl (C=O) groups is 3. The molecule has 166 valence electrons. The van der Waals surface area contributed by atoms with Crippen LogP contribution < -0.4 is 0 Å². The first-order valence-electron chi connectivity index (χ1n) is 11.1. The standard InChI is InChI=1S/C24H31N3O4/c1-4-31-23(30)27-15-13-24-19(18(10-11-20(24)27)21(28)25(2)3)12-14-26(22(24)29)16-17-8-6-5-7-9-17/h5-10,19-20H,4,11-16H2,1-3H3/t19-,20+,24+/m1/s1. The number of likely N-dealkylation sites (N-methyl/N-ethyl adjacent to an activating group) is 1. The monoisotopic (exact) mass is 425 g/mol. The highest BCUT2D eigenvalue weighted by Gasteiger charge is 2.63. The van der Waals surface area contributed by atoms with Gasteiger partial charge in [-0.2, -0.15) is 0 Å². The van der Waals surface area contributed by atoms with Crippen LogP contribution in [-0.2, 0) is 20.9 Å². The maximum absolute atomic E-state index is 14.0. The van der Waals surface area contributed by atoms with Crippen molar-refractivity contribution in [1.82, 2.24) is 14.7 Å². The van der Waals surface area contributed by atoms with Gasteiger partial charge in [0.05, 0.1) is 18.1 Å². The molecule has 7 heteroatoms. The van der Waals surface area contributed by atoms with E-state index < -0.39 is 5.41 Å². The van der Waals surface area contributed by atoms with Crippen LogP contribution in [0, 0.1) is 11.3 Å². The van der Waals surface area contributed by atoms with Gasteiger partial charge < -0.3 is 19.4 Å². The number of ether oxygens (including phenoxy) is 1. The van der Waals surface area contributed by atoms with E-state index in [1.54, 1.807) is 30.8 Å². The van der Waals surface area contributed by atoms with Crippen molar-refractivity contribution in [3.8, 4) is 0 Å². The molecule has 0 aromatic heterocycles. The predicted molar refractivity (Wildman–Crippen MR) is 116 cm³/mol. The lowest BCUT2D eigenvalue weighted by Crippen LogP contribution is -2.61. The van der Waals surface area contributed by atoms with Gasteiger partial charge in [-0.15, -0.1) is 0 Å². The lowest BCUT2D eigenvalue weighted by Gasteiger charge is -2.51. The molecule has 1 aromatic carbocycles. The Labute approximate surface area is 183 Å². The summed E-state index contributed by atoms with van der Waals surface area (Å²) in [5, 5.41) is 0. The minimum Gasteiger partial charge on any atom is -0.450 e. The molecule has 3 atom stereocenters. The summed E-state index contributed by atoms with van der Waals surface area (Å²) in [6.45, 7) is 3.70. The van der Waals surface area contributed by atoms with Crippen LogP contribution in [0.3, 0.4) is 0 Å². The van der Waals surface area contributed by atoms with Gasteiger partial charge in [0.2, 0.25) is 11.8 Å². The molecule has 0 unspecified atom stereocenters. The van der Waals surface area contributed by atoms with Crippen molar-refractivity contribution in [2.75, 3.05) is 33.8 Å². The molecular formula is C24H31N3O4. The average Bonchev–Trinajstić information content (AvgIpc) is 3.16. The van der Waals surface area contributed by atoms with E-state index in [1.165, 1.54) is 0 Å². The number of likely N-dealkylation sites (tertiary alicyclic amines) is 2. The van der Waals surface area contributed by atoms with Crippen LogP contribution in [0.15, 0.2) is 42.0 Å². The van der Waals surface area contributed by atoms with Crippen LogP contribution in [0.2, 0.25) is 0 Å². The normalized spacial score (nSPS) is 27.3. The number of amides is 3. The molecule has 2 aliphatic heterocycles. The predicted octanol–water partition coefficient (Wildman–Crippen LogP) is 2.67. The maximum Gasteiger partial charge on any atom is 0.410 e. The van der Waals surface area contributed by atoms with Gasteiger partial charge in [0.15, 0.2) is 0 Å². The van der Waals surface area contributed by atoms with E-state index in [-0.39, 0.29) is 29.9 Å². The molecule has 0 bridgehead atoms. The Morgan fingerprint density at radius 3 is 2.61 bits per heavy atom. The zero-order chi connectivity index (χ0) is 22.2. The van der Waals surface area contributed by atoms with Crippen LogP contribution in [0.25, 0.3) is 0 Å². The second-order valence-corrected chi connectivity index (χ2v) is 8.85. The van der Waals surface area contributed by atoms with Crippen LogP contribution in [0.5, 0.6) is 0 Å². The van der Waals surface area contributed by atoms with Gasteiger partial charge >= 0.3 is 6.09 Å².